The monoisotopic (exact) mass is 333 g/mol. The van der Waals surface area contributed by atoms with Gasteiger partial charge >= 0.3 is 5.97 Å². The van der Waals surface area contributed by atoms with E-state index in [1.807, 2.05) is 60.7 Å². The van der Waals surface area contributed by atoms with Crippen molar-refractivity contribution in [1.29, 1.82) is 5.26 Å². The van der Waals surface area contributed by atoms with Gasteiger partial charge in [0.05, 0.1) is 6.61 Å². The van der Waals surface area contributed by atoms with E-state index >= 15 is 0 Å². The summed E-state index contributed by atoms with van der Waals surface area (Å²) in [6.45, 7) is 4.48. The zero-order chi connectivity index (χ0) is 18.1. The lowest BCUT2D eigenvalue weighted by Gasteiger charge is -2.14. The molecule has 0 saturated carbocycles. The quantitative estimate of drug-likeness (QED) is 0.407. The molecule has 0 bridgehead atoms. The second-order valence-electron chi connectivity index (χ2n) is 5.87. The Morgan fingerprint density at radius 1 is 0.960 bits per heavy atom. The molecular weight excluding hydrogens is 310 g/mol. The third kappa shape index (κ3) is 4.81. The van der Waals surface area contributed by atoms with E-state index in [1.165, 1.54) is 0 Å². The Labute approximate surface area is 149 Å². The predicted octanol–water partition coefficient (Wildman–Crippen LogP) is 4.99. The summed E-state index contributed by atoms with van der Waals surface area (Å²) in [6, 6.07) is 21.0. The second-order valence-corrected chi connectivity index (χ2v) is 5.87. The Kier molecular flexibility index (Phi) is 6.98. The molecule has 0 heterocycles. The van der Waals surface area contributed by atoms with Crippen LogP contribution in [0.4, 0.5) is 0 Å². The van der Waals surface area contributed by atoms with Gasteiger partial charge in [-0.1, -0.05) is 87.4 Å². The molecule has 3 heteroatoms. The maximum Gasteiger partial charge on any atom is 0.349 e. The van der Waals surface area contributed by atoms with Crippen molar-refractivity contribution in [2.45, 2.75) is 26.7 Å². The zero-order valence-electron chi connectivity index (χ0n) is 14.7. The summed E-state index contributed by atoms with van der Waals surface area (Å²) in [4.78, 5) is 12.6. The molecule has 128 valence electrons. The third-order valence-electron chi connectivity index (χ3n) is 4.30. The molecule has 0 saturated heterocycles. The number of nitriles is 1. The molecule has 2 aromatic rings. The number of ether oxygens (including phenoxy) is 1. The molecule has 0 aliphatic rings. The summed E-state index contributed by atoms with van der Waals surface area (Å²) < 4.78 is 5.44. The molecule has 25 heavy (non-hydrogen) atoms. The van der Waals surface area contributed by atoms with Gasteiger partial charge in [0, 0.05) is 5.57 Å². The Morgan fingerprint density at radius 2 is 1.44 bits per heavy atom. The third-order valence-corrected chi connectivity index (χ3v) is 4.30. The summed E-state index contributed by atoms with van der Waals surface area (Å²) in [5.41, 5.74) is 2.30. The summed E-state index contributed by atoms with van der Waals surface area (Å²) in [7, 11) is 0. The summed E-state index contributed by atoms with van der Waals surface area (Å²) in [5.74, 6) is -0.238. The maximum absolute atomic E-state index is 12.6. The van der Waals surface area contributed by atoms with Gasteiger partial charge in [-0.25, -0.2) is 4.79 Å². The summed E-state index contributed by atoms with van der Waals surface area (Å²) in [5, 5.41) is 9.66. The average molecular weight is 333 g/mol. The molecule has 2 aromatic carbocycles. The largest absolute Gasteiger partial charge is 0.461 e. The highest BCUT2D eigenvalue weighted by Crippen LogP contribution is 2.27. The number of hydrogen-bond donors (Lipinski definition) is 0. The first-order valence-corrected chi connectivity index (χ1v) is 8.63. The van der Waals surface area contributed by atoms with Crippen LogP contribution in [0.25, 0.3) is 5.57 Å². The molecule has 0 aliphatic heterocycles. The van der Waals surface area contributed by atoms with Gasteiger partial charge in [0.1, 0.15) is 11.6 Å². The Balaban J connectivity index is 2.44. The molecule has 0 amide bonds. The summed E-state index contributed by atoms with van der Waals surface area (Å²) in [6.07, 6.45) is 1.89. The Bertz CT molecular complexity index is 712. The first-order chi connectivity index (χ1) is 12.2. The van der Waals surface area contributed by atoms with E-state index in [2.05, 4.69) is 19.9 Å². The Hall–Kier alpha value is -2.86. The number of hydrogen-bond acceptors (Lipinski definition) is 3. The van der Waals surface area contributed by atoms with Crippen LogP contribution in [-0.2, 0) is 9.53 Å². The molecule has 2 rings (SSSR count). The highest BCUT2D eigenvalue weighted by atomic mass is 16.5. The van der Waals surface area contributed by atoms with Crippen LogP contribution < -0.4 is 0 Å². The fourth-order valence-electron chi connectivity index (χ4n) is 2.66. The van der Waals surface area contributed by atoms with Crippen LogP contribution in [-0.4, -0.2) is 12.6 Å². The first-order valence-electron chi connectivity index (χ1n) is 8.63. The number of carbonyl (C=O) groups is 1. The van der Waals surface area contributed by atoms with Crippen molar-refractivity contribution < 1.29 is 9.53 Å². The Morgan fingerprint density at radius 3 is 1.84 bits per heavy atom. The topological polar surface area (TPSA) is 50.1 Å². The van der Waals surface area contributed by atoms with Crippen molar-refractivity contribution in [2.24, 2.45) is 5.92 Å². The van der Waals surface area contributed by atoms with Crippen molar-refractivity contribution in [1.82, 2.24) is 0 Å². The first kappa shape index (κ1) is 18.5. The lowest BCUT2D eigenvalue weighted by atomic mass is 9.93. The molecule has 3 nitrogen and oxygen atoms in total. The van der Waals surface area contributed by atoms with E-state index in [1.54, 1.807) is 0 Å². The second kappa shape index (κ2) is 9.44. The highest BCUT2D eigenvalue weighted by Gasteiger charge is 2.20. The molecule has 0 spiro atoms. The van der Waals surface area contributed by atoms with Crippen LogP contribution in [0.3, 0.4) is 0 Å². The molecule has 0 N–H and O–H groups in total. The van der Waals surface area contributed by atoms with Crippen molar-refractivity contribution >= 4 is 11.5 Å². The number of carbonyl (C=O) groups excluding carboxylic acids is 1. The van der Waals surface area contributed by atoms with E-state index in [4.69, 9.17) is 4.74 Å². The van der Waals surface area contributed by atoms with Crippen LogP contribution in [0.5, 0.6) is 0 Å². The molecule has 0 unspecified atom stereocenters. The van der Waals surface area contributed by atoms with Gasteiger partial charge < -0.3 is 4.74 Å². The molecular formula is C22H23NO2. The molecule has 0 aliphatic carbocycles. The van der Waals surface area contributed by atoms with Gasteiger partial charge in [0.25, 0.3) is 0 Å². The lowest BCUT2D eigenvalue weighted by Crippen LogP contribution is -2.15. The SMILES string of the molecule is CCC(CC)COC(=O)C(C#N)=C(c1ccccc1)c1ccccc1. The van der Waals surface area contributed by atoms with Crippen LogP contribution in [0.15, 0.2) is 66.2 Å². The fourth-order valence-corrected chi connectivity index (χ4v) is 2.66. The van der Waals surface area contributed by atoms with Gasteiger partial charge in [-0.2, -0.15) is 5.26 Å². The van der Waals surface area contributed by atoms with E-state index in [0.717, 1.165) is 24.0 Å². The van der Waals surface area contributed by atoms with Crippen molar-refractivity contribution in [3.63, 3.8) is 0 Å². The van der Waals surface area contributed by atoms with E-state index in [-0.39, 0.29) is 5.57 Å². The van der Waals surface area contributed by atoms with Crippen LogP contribution >= 0.6 is 0 Å². The van der Waals surface area contributed by atoms with Gasteiger partial charge in [0.2, 0.25) is 0 Å². The number of benzene rings is 2. The predicted molar refractivity (Wildman–Crippen MR) is 99.6 cm³/mol. The molecule has 0 atom stereocenters. The standard InChI is InChI=1S/C22H23NO2/c1-3-17(4-2)16-25-22(24)20(15-23)21(18-11-7-5-8-12-18)19-13-9-6-10-14-19/h5-14,17H,3-4,16H2,1-2H3. The van der Waals surface area contributed by atoms with Gasteiger partial charge in [-0.15, -0.1) is 0 Å². The van der Waals surface area contributed by atoms with E-state index < -0.39 is 5.97 Å². The van der Waals surface area contributed by atoms with Gasteiger partial charge in [0.15, 0.2) is 0 Å². The lowest BCUT2D eigenvalue weighted by molar-refractivity contribution is -0.139. The van der Waals surface area contributed by atoms with Crippen molar-refractivity contribution in [3.05, 3.63) is 77.4 Å². The zero-order valence-corrected chi connectivity index (χ0v) is 14.7. The van der Waals surface area contributed by atoms with E-state index in [9.17, 15) is 10.1 Å². The van der Waals surface area contributed by atoms with Crippen LogP contribution in [0.1, 0.15) is 37.8 Å². The van der Waals surface area contributed by atoms with Crippen molar-refractivity contribution in [3.8, 4) is 6.07 Å². The molecule has 0 radical (unpaired) electrons. The minimum atomic E-state index is -0.558. The van der Waals surface area contributed by atoms with Gasteiger partial charge in [-0.05, 0) is 17.0 Å². The van der Waals surface area contributed by atoms with Crippen LogP contribution in [0, 0.1) is 17.2 Å². The normalized spacial score (nSPS) is 10.2. The van der Waals surface area contributed by atoms with Crippen molar-refractivity contribution in [2.75, 3.05) is 6.61 Å². The minimum absolute atomic E-state index is 0.0448. The maximum atomic E-state index is 12.6. The number of esters is 1. The fraction of sp³-hybridized carbons (Fsp3) is 0.273. The molecule has 0 fully saturated rings. The van der Waals surface area contributed by atoms with Gasteiger partial charge in [-0.3, -0.25) is 0 Å². The minimum Gasteiger partial charge on any atom is -0.461 e. The summed E-state index contributed by atoms with van der Waals surface area (Å²) >= 11 is 0. The smallest absolute Gasteiger partial charge is 0.349 e. The number of rotatable bonds is 7. The van der Waals surface area contributed by atoms with Crippen LogP contribution in [0.2, 0.25) is 0 Å². The highest BCUT2D eigenvalue weighted by molar-refractivity contribution is 6.05. The number of nitrogens with zero attached hydrogens (tertiary/aromatic N) is 1. The average Bonchev–Trinajstić information content (AvgIpc) is 2.68. The molecule has 0 aromatic heterocycles. The van der Waals surface area contributed by atoms with E-state index in [0.29, 0.717) is 18.1 Å².